The molecule has 3 N–H and O–H groups in total. The van der Waals surface area contributed by atoms with Gasteiger partial charge in [0, 0.05) is 0 Å². The van der Waals surface area contributed by atoms with Gasteiger partial charge in [-0.2, -0.15) is 0 Å². The maximum Gasteiger partial charge on any atom is 0.326 e. The Morgan fingerprint density at radius 1 is 1.53 bits per heavy atom. The molecule has 1 heterocycles. The third kappa shape index (κ3) is 4.58. The molecule has 1 rings (SSSR count). The number of hydrogen-bond acceptors (Lipinski definition) is 3. The Hall–Kier alpha value is -1.98. The molecule has 0 spiro atoms. The van der Waals surface area contributed by atoms with Crippen molar-refractivity contribution in [3.05, 3.63) is 24.2 Å². The van der Waals surface area contributed by atoms with Gasteiger partial charge in [0.05, 0.1) is 12.8 Å². The van der Waals surface area contributed by atoms with Crippen LogP contribution in [0.25, 0.3) is 0 Å². The monoisotopic (exact) mass is 240 g/mol. The van der Waals surface area contributed by atoms with Gasteiger partial charge in [0.2, 0.25) is 0 Å². The first-order valence-electron chi connectivity index (χ1n) is 5.43. The van der Waals surface area contributed by atoms with E-state index in [2.05, 4.69) is 10.6 Å². The number of carboxylic acids is 1. The molecule has 6 heteroatoms. The number of carbonyl (C=O) groups excluding carboxylic acids is 1. The van der Waals surface area contributed by atoms with Crippen molar-refractivity contribution in [1.82, 2.24) is 10.6 Å². The third-order valence-electron chi connectivity index (χ3n) is 2.18. The van der Waals surface area contributed by atoms with E-state index in [1.165, 1.54) is 6.26 Å². The molecule has 0 aliphatic rings. The first kappa shape index (κ1) is 13.1. The summed E-state index contributed by atoms with van der Waals surface area (Å²) in [6, 6.07) is 2.08. The topological polar surface area (TPSA) is 91.6 Å². The Morgan fingerprint density at radius 2 is 2.29 bits per heavy atom. The summed E-state index contributed by atoms with van der Waals surface area (Å²) >= 11 is 0. The van der Waals surface area contributed by atoms with Crippen molar-refractivity contribution in [1.29, 1.82) is 0 Å². The van der Waals surface area contributed by atoms with Crippen LogP contribution in [0.5, 0.6) is 0 Å². The fourth-order valence-corrected chi connectivity index (χ4v) is 1.34. The molecular formula is C11H16N2O4. The summed E-state index contributed by atoms with van der Waals surface area (Å²) in [5.41, 5.74) is 0. The van der Waals surface area contributed by atoms with Crippen molar-refractivity contribution in [2.45, 2.75) is 32.4 Å². The molecule has 17 heavy (non-hydrogen) atoms. The van der Waals surface area contributed by atoms with E-state index in [9.17, 15) is 9.59 Å². The molecule has 0 aliphatic carbocycles. The van der Waals surface area contributed by atoms with Crippen LogP contribution < -0.4 is 10.6 Å². The lowest BCUT2D eigenvalue weighted by atomic mass is 10.2. The molecule has 94 valence electrons. The van der Waals surface area contributed by atoms with Crippen molar-refractivity contribution in [3.63, 3.8) is 0 Å². The van der Waals surface area contributed by atoms with Crippen LogP contribution in [0.2, 0.25) is 0 Å². The lowest BCUT2D eigenvalue weighted by Gasteiger charge is -2.13. The second-order valence-electron chi connectivity index (χ2n) is 3.59. The Morgan fingerprint density at radius 3 is 2.82 bits per heavy atom. The number of hydrogen-bond donors (Lipinski definition) is 3. The van der Waals surface area contributed by atoms with Crippen molar-refractivity contribution < 1.29 is 19.1 Å². The summed E-state index contributed by atoms with van der Waals surface area (Å²) in [4.78, 5) is 22.2. The summed E-state index contributed by atoms with van der Waals surface area (Å²) in [6.45, 7) is 2.09. The van der Waals surface area contributed by atoms with Gasteiger partial charge in [-0.05, 0) is 18.6 Å². The molecule has 0 aliphatic heterocycles. The van der Waals surface area contributed by atoms with Crippen LogP contribution in [0.3, 0.4) is 0 Å². The minimum absolute atomic E-state index is 0.233. The SMILES string of the molecule is CCCC(NC(=O)NCc1ccco1)C(=O)O. The van der Waals surface area contributed by atoms with E-state index in [0.717, 1.165) is 0 Å². The van der Waals surface area contributed by atoms with Crippen LogP contribution in [0.1, 0.15) is 25.5 Å². The number of urea groups is 1. The van der Waals surface area contributed by atoms with Crippen LogP contribution in [-0.4, -0.2) is 23.1 Å². The van der Waals surface area contributed by atoms with Gasteiger partial charge in [-0.15, -0.1) is 0 Å². The number of rotatable bonds is 6. The standard InChI is InChI=1S/C11H16N2O4/c1-2-4-9(10(14)15)13-11(16)12-7-8-5-3-6-17-8/h3,5-6,9H,2,4,7H2,1H3,(H,14,15)(H2,12,13,16). The summed E-state index contributed by atoms with van der Waals surface area (Å²) < 4.78 is 5.03. The minimum Gasteiger partial charge on any atom is -0.480 e. The summed E-state index contributed by atoms with van der Waals surface area (Å²) in [5.74, 6) is -0.414. The molecule has 6 nitrogen and oxygen atoms in total. The van der Waals surface area contributed by atoms with Gasteiger partial charge in [-0.3, -0.25) is 0 Å². The average Bonchev–Trinajstić information content (AvgIpc) is 2.78. The summed E-state index contributed by atoms with van der Waals surface area (Å²) in [6.07, 6.45) is 2.60. The number of amides is 2. The Kier molecular flexibility index (Phi) is 5.06. The molecule has 1 atom stereocenters. The first-order valence-corrected chi connectivity index (χ1v) is 5.43. The van der Waals surface area contributed by atoms with Gasteiger partial charge in [0.15, 0.2) is 0 Å². The van der Waals surface area contributed by atoms with Gasteiger partial charge in [-0.25, -0.2) is 9.59 Å². The third-order valence-corrected chi connectivity index (χ3v) is 2.18. The van der Waals surface area contributed by atoms with Gasteiger partial charge >= 0.3 is 12.0 Å². The number of furan rings is 1. The van der Waals surface area contributed by atoms with E-state index < -0.39 is 18.0 Å². The highest BCUT2D eigenvalue weighted by Crippen LogP contribution is 1.99. The number of aliphatic carboxylic acids is 1. The van der Waals surface area contributed by atoms with Crippen LogP contribution in [-0.2, 0) is 11.3 Å². The second kappa shape index (κ2) is 6.57. The maximum absolute atomic E-state index is 11.4. The zero-order valence-electron chi connectivity index (χ0n) is 9.60. The zero-order valence-corrected chi connectivity index (χ0v) is 9.60. The molecule has 0 bridgehead atoms. The van der Waals surface area contributed by atoms with Crippen LogP contribution in [0, 0.1) is 0 Å². The van der Waals surface area contributed by atoms with Gasteiger partial charge in [0.1, 0.15) is 11.8 Å². The minimum atomic E-state index is -1.03. The first-order chi connectivity index (χ1) is 8.13. The lowest BCUT2D eigenvalue weighted by Crippen LogP contribution is -2.45. The molecule has 0 saturated heterocycles. The predicted molar refractivity (Wildman–Crippen MR) is 60.4 cm³/mol. The predicted octanol–water partition coefficient (Wildman–Crippen LogP) is 1.33. The molecule has 0 saturated carbocycles. The van der Waals surface area contributed by atoms with Crippen molar-refractivity contribution >= 4 is 12.0 Å². The molecule has 0 radical (unpaired) electrons. The molecule has 1 aromatic rings. The van der Waals surface area contributed by atoms with E-state index in [0.29, 0.717) is 18.6 Å². The van der Waals surface area contributed by atoms with Gasteiger partial charge in [0.25, 0.3) is 0 Å². The lowest BCUT2D eigenvalue weighted by molar-refractivity contribution is -0.139. The molecule has 2 amide bonds. The van der Waals surface area contributed by atoms with E-state index in [1.54, 1.807) is 12.1 Å². The van der Waals surface area contributed by atoms with Gasteiger partial charge < -0.3 is 20.2 Å². The van der Waals surface area contributed by atoms with E-state index in [-0.39, 0.29) is 6.54 Å². The zero-order chi connectivity index (χ0) is 12.7. The fourth-order valence-electron chi connectivity index (χ4n) is 1.34. The quantitative estimate of drug-likeness (QED) is 0.699. The normalized spacial score (nSPS) is 11.8. The van der Waals surface area contributed by atoms with Crippen LogP contribution in [0.15, 0.2) is 22.8 Å². The number of carboxylic acid groups (broad SMARTS) is 1. The van der Waals surface area contributed by atoms with Crippen molar-refractivity contribution in [3.8, 4) is 0 Å². The molecule has 0 fully saturated rings. The van der Waals surface area contributed by atoms with E-state index >= 15 is 0 Å². The second-order valence-corrected chi connectivity index (χ2v) is 3.59. The smallest absolute Gasteiger partial charge is 0.326 e. The summed E-state index contributed by atoms with van der Waals surface area (Å²) in [7, 11) is 0. The van der Waals surface area contributed by atoms with Crippen molar-refractivity contribution in [2.24, 2.45) is 0 Å². The Labute approximate surface area is 99.0 Å². The Balaban J connectivity index is 2.34. The Bertz CT molecular complexity index is 362. The fraction of sp³-hybridized carbons (Fsp3) is 0.455. The number of carbonyl (C=O) groups is 2. The van der Waals surface area contributed by atoms with Gasteiger partial charge in [-0.1, -0.05) is 13.3 Å². The summed E-state index contributed by atoms with van der Waals surface area (Å²) in [5, 5.41) is 13.8. The molecular weight excluding hydrogens is 224 g/mol. The molecule has 1 unspecified atom stereocenters. The highest BCUT2D eigenvalue weighted by atomic mass is 16.4. The highest BCUT2D eigenvalue weighted by Gasteiger charge is 2.18. The highest BCUT2D eigenvalue weighted by molar-refractivity contribution is 5.82. The van der Waals surface area contributed by atoms with E-state index in [1.807, 2.05) is 6.92 Å². The van der Waals surface area contributed by atoms with Crippen LogP contribution >= 0.6 is 0 Å². The van der Waals surface area contributed by atoms with E-state index in [4.69, 9.17) is 9.52 Å². The number of nitrogens with one attached hydrogen (secondary N) is 2. The van der Waals surface area contributed by atoms with Crippen LogP contribution in [0.4, 0.5) is 4.79 Å². The maximum atomic E-state index is 11.4. The largest absolute Gasteiger partial charge is 0.480 e. The van der Waals surface area contributed by atoms with Crippen molar-refractivity contribution in [2.75, 3.05) is 0 Å². The molecule has 1 aromatic heterocycles. The molecule has 0 aromatic carbocycles. The average molecular weight is 240 g/mol.